The molecule has 2 N–H and O–H groups in total. The van der Waals surface area contributed by atoms with Crippen molar-refractivity contribution < 1.29 is 19.1 Å². The third-order valence-electron chi connectivity index (χ3n) is 3.98. The van der Waals surface area contributed by atoms with Gasteiger partial charge in [-0.15, -0.1) is 5.10 Å². The smallest absolute Gasteiger partial charge is 0.337 e. The molecule has 0 aliphatic carbocycles. The van der Waals surface area contributed by atoms with Gasteiger partial charge in [0, 0.05) is 5.56 Å². The number of halogens is 1. The van der Waals surface area contributed by atoms with E-state index in [0.717, 1.165) is 5.01 Å². The van der Waals surface area contributed by atoms with E-state index < -0.39 is 11.9 Å². The Morgan fingerprint density at radius 2 is 2.14 bits per heavy atom. The second-order valence-electron chi connectivity index (χ2n) is 5.77. The van der Waals surface area contributed by atoms with Crippen LogP contribution in [0.25, 0.3) is 17.4 Å². The number of aromatic amines is 1. The molecule has 0 atom stereocenters. The first-order chi connectivity index (χ1) is 13.4. The highest BCUT2D eigenvalue weighted by Gasteiger charge is 2.31. The van der Waals surface area contributed by atoms with E-state index in [1.165, 1.54) is 12.1 Å². The average molecular weight is 399 g/mol. The number of nitrogens with zero attached hydrogens (tertiary/aromatic N) is 5. The first-order valence-corrected chi connectivity index (χ1v) is 8.30. The van der Waals surface area contributed by atoms with E-state index in [4.69, 9.17) is 16.0 Å². The van der Waals surface area contributed by atoms with Crippen molar-refractivity contribution in [3.05, 3.63) is 52.3 Å². The SMILES string of the molecule is CC1=NN(c2nn[nH]n2)C(=O)/C1=C/c1ccc(-c2ccc(Cl)c(C(=O)O)c2)o1. The van der Waals surface area contributed by atoms with Crippen LogP contribution in [0.15, 0.2) is 45.4 Å². The Morgan fingerprint density at radius 3 is 2.86 bits per heavy atom. The molecule has 0 saturated carbocycles. The van der Waals surface area contributed by atoms with Gasteiger partial charge < -0.3 is 9.52 Å². The fourth-order valence-corrected chi connectivity index (χ4v) is 2.83. The number of nitrogens with one attached hydrogen (secondary N) is 1. The highest BCUT2D eigenvalue weighted by atomic mass is 35.5. The molecule has 0 radical (unpaired) electrons. The summed E-state index contributed by atoms with van der Waals surface area (Å²) >= 11 is 5.89. The minimum Gasteiger partial charge on any atom is -0.478 e. The van der Waals surface area contributed by atoms with Crippen LogP contribution in [-0.4, -0.2) is 43.3 Å². The number of hydrogen-bond donors (Lipinski definition) is 2. The Kier molecular flexibility index (Phi) is 4.24. The monoisotopic (exact) mass is 398 g/mol. The summed E-state index contributed by atoms with van der Waals surface area (Å²) in [6, 6.07) is 7.89. The molecule has 3 heterocycles. The van der Waals surface area contributed by atoms with Crippen molar-refractivity contribution in [2.24, 2.45) is 5.10 Å². The van der Waals surface area contributed by atoms with Crippen molar-refractivity contribution in [3.63, 3.8) is 0 Å². The van der Waals surface area contributed by atoms with E-state index in [0.29, 0.717) is 28.4 Å². The molecule has 0 unspecified atom stereocenters. The molecule has 1 aliphatic rings. The number of carbonyl (C=O) groups excluding carboxylic acids is 1. The summed E-state index contributed by atoms with van der Waals surface area (Å²) in [7, 11) is 0. The number of tetrazole rings is 1. The van der Waals surface area contributed by atoms with Gasteiger partial charge in [0.05, 0.1) is 21.9 Å². The minimum absolute atomic E-state index is 0.0276. The topological polar surface area (TPSA) is 138 Å². The molecule has 3 aromatic rings. The molecule has 2 aromatic heterocycles. The lowest BCUT2D eigenvalue weighted by Gasteiger charge is -2.04. The van der Waals surface area contributed by atoms with Gasteiger partial charge in [-0.25, -0.2) is 4.79 Å². The van der Waals surface area contributed by atoms with E-state index in [1.807, 2.05) is 0 Å². The van der Waals surface area contributed by atoms with Gasteiger partial charge in [-0.05, 0) is 48.5 Å². The van der Waals surface area contributed by atoms with Crippen LogP contribution in [0.4, 0.5) is 5.95 Å². The Balaban J connectivity index is 1.64. The van der Waals surface area contributed by atoms with Gasteiger partial charge in [0.25, 0.3) is 11.9 Å². The maximum absolute atomic E-state index is 12.6. The second kappa shape index (κ2) is 6.74. The minimum atomic E-state index is -1.13. The lowest BCUT2D eigenvalue weighted by molar-refractivity contribution is -0.114. The molecule has 10 nitrogen and oxygen atoms in total. The molecule has 0 fully saturated rings. The van der Waals surface area contributed by atoms with Crippen LogP contribution in [0.3, 0.4) is 0 Å². The number of anilines is 1. The van der Waals surface area contributed by atoms with Gasteiger partial charge in [-0.2, -0.15) is 15.3 Å². The third-order valence-corrected chi connectivity index (χ3v) is 4.31. The molecule has 0 spiro atoms. The number of carboxylic acids is 1. The van der Waals surface area contributed by atoms with Crippen molar-refractivity contribution in [1.82, 2.24) is 20.6 Å². The molecule has 140 valence electrons. The number of furan rings is 1. The summed E-state index contributed by atoms with van der Waals surface area (Å²) in [5.41, 5.74) is 1.30. The van der Waals surface area contributed by atoms with Gasteiger partial charge in [0.1, 0.15) is 11.5 Å². The van der Waals surface area contributed by atoms with Crippen LogP contribution < -0.4 is 5.01 Å². The van der Waals surface area contributed by atoms with Crippen LogP contribution in [0.5, 0.6) is 0 Å². The average Bonchev–Trinajstić information content (AvgIpc) is 3.39. The normalized spacial score (nSPS) is 15.4. The summed E-state index contributed by atoms with van der Waals surface area (Å²) in [6.07, 6.45) is 1.54. The lowest BCUT2D eigenvalue weighted by Crippen LogP contribution is -2.22. The summed E-state index contributed by atoms with van der Waals surface area (Å²) in [5, 5.41) is 27.6. The zero-order valence-electron chi connectivity index (χ0n) is 14.3. The number of hydrazone groups is 1. The standard InChI is InChI=1S/C17H11ClN6O4/c1-8-11(15(25)24(21-8)17-19-22-23-20-17)7-10-3-5-14(28-10)9-2-4-13(18)12(6-9)16(26)27/h2-7H,1H3,(H,26,27)(H,19,20,22,23)/b11-7+. The molecule has 4 rings (SSSR count). The molecule has 11 heteroatoms. The van der Waals surface area contributed by atoms with Gasteiger partial charge >= 0.3 is 5.97 Å². The van der Waals surface area contributed by atoms with Crippen LogP contribution in [0, 0.1) is 0 Å². The van der Waals surface area contributed by atoms with Crippen molar-refractivity contribution in [3.8, 4) is 11.3 Å². The molecule has 1 amide bonds. The maximum Gasteiger partial charge on any atom is 0.337 e. The Morgan fingerprint density at radius 1 is 1.32 bits per heavy atom. The number of aromatic nitrogens is 4. The van der Waals surface area contributed by atoms with E-state index in [9.17, 15) is 14.7 Å². The van der Waals surface area contributed by atoms with E-state index >= 15 is 0 Å². The molecular weight excluding hydrogens is 388 g/mol. The summed E-state index contributed by atoms with van der Waals surface area (Å²) in [5.74, 6) is -0.687. The fraction of sp³-hybridized carbons (Fsp3) is 0.0588. The molecule has 1 aliphatic heterocycles. The summed E-state index contributed by atoms with van der Waals surface area (Å²) in [4.78, 5) is 23.8. The van der Waals surface area contributed by atoms with Crippen LogP contribution in [-0.2, 0) is 4.79 Å². The van der Waals surface area contributed by atoms with E-state index in [1.54, 1.807) is 31.2 Å². The van der Waals surface area contributed by atoms with Crippen molar-refractivity contribution in [1.29, 1.82) is 0 Å². The number of rotatable bonds is 4. The first-order valence-electron chi connectivity index (χ1n) is 7.92. The molecule has 0 saturated heterocycles. The van der Waals surface area contributed by atoms with Crippen molar-refractivity contribution >= 4 is 41.2 Å². The van der Waals surface area contributed by atoms with Gasteiger partial charge in [0.15, 0.2) is 0 Å². The highest BCUT2D eigenvalue weighted by Crippen LogP contribution is 2.28. The van der Waals surface area contributed by atoms with Crippen molar-refractivity contribution in [2.75, 3.05) is 5.01 Å². The molecular formula is C17H11ClN6O4. The predicted octanol–water partition coefficient (Wildman–Crippen LogP) is 2.62. The Hall–Kier alpha value is -3.79. The third kappa shape index (κ3) is 3.05. The number of aromatic carboxylic acids is 1. The van der Waals surface area contributed by atoms with Crippen molar-refractivity contribution in [2.45, 2.75) is 6.92 Å². The second-order valence-corrected chi connectivity index (χ2v) is 6.18. The Labute approximate surface area is 162 Å². The zero-order valence-corrected chi connectivity index (χ0v) is 15.0. The summed E-state index contributed by atoms with van der Waals surface area (Å²) < 4.78 is 5.74. The van der Waals surface area contributed by atoms with E-state index in [-0.39, 0.29) is 16.5 Å². The Bertz CT molecular complexity index is 1150. The largest absolute Gasteiger partial charge is 0.478 e. The first kappa shape index (κ1) is 17.6. The van der Waals surface area contributed by atoms with Crippen LogP contribution in [0.2, 0.25) is 5.02 Å². The highest BCUT2D eigenvalue weighted by molar-refractivity contribution is 6.33. The molecule has 1 aromatic carbocycles. The quantitative estimate of drug-likeness (QED) is 0.644. The van der Waals surface area contributed by atoms with Gasteiger partial charge in [-0.1, -0.05) is 16.7 Å². The lowest BCUT2D eigenvalue weighted by atomic mass is 10.1. The number of H-pyrrole nitrogens is 1. The molecule has 28 heavy (non-hydrogen) atoms. The number of amides is 1. The van der Waals surface area contributed by atoms with Crippen LogP contribution in [0.1, 0.15) is 23.0 Å². The number of carbonyl (C=O) groups is 2. The summed E-state index contributed by atoms with van der Waals surface area (Å²) in [6.45, 7) is 1.67. The number of benzene rings is 1. The fourth-order valence-electron chi connectivity index (χ4n) is 2.64. The predicted molar refractivity (Wildman–Crippen MR) is 98.9 cm³/mol. The number of hydrogen-bond acceptors (Lipinski definition) is 7. The maximum atomic E-state index is 12.6. The van der Waals surface area contributed by atoms with Gasteiger partial charge in [0.2, 0.25) is 0 Å². The van der Waals surface area contributed by atoms with Gasteiger partial charge in [-0.3, -0.25) is 4.79 Å². The molecule has 0 bridgehead atoms. The van der Waals surface area contributed by atoms with E-state index in [2.05, 4.69) is 25.7 Å². The number of carboxylic acid groups (broad SMARTS) is 1. The van der Waals surface area contributed by atoms with Crippen LogP contribution >= 0.6 is 11.6 Å². The zero-order chi connectivity index (χ0) is 19.8.